The summed E-state index contributed by atoms with van der Waals surface area (Å²) in [6.45, 7) is 6.46. The number of imidazole rings is 1. The first-order valence-corrected chi connectivity index (χ1v) is 7.51. The van der Waals surface area contributed by atoms with E-state index >= 15 is 0 Å². The van der Waals surface area contributed by atoms with E-state index in [0.29, 0.717) is 6.04 Å². The van der Waals surface area contributed by atoms with Gasteiger partial charge in [-0.1, -0.05) is 6.42 Å². The molecule has 4 atom stereocenters. The number of rotatable bonds is 5. The summed E-state index contributed by atoms with van der Waals surface area (Å²) in [4.78, 5) is 4.43. The SMILES string of the molecule is CCn1ccnc1CNC(C)C1CC2CCC1C2. The van der Waals surface area contributed by atoms with E-state index in [1.54, 1.807) is 0 Å². The molecule has 4 unspecified atom stereocenters. The van der Waals surface area contributed by atoms with E-state index in [1.807, 2.05) is 6.20 Å². The number of hydrogen-bond donors (Lipinski definition) is 1. The van der Waals surface area contributed by atoms with E-state index in [0.717, 1.165) is 30.8 Å². The predicted molar refractivity (Wildman–Crippen MR) is 73.1 cm³/mol. The zero-order chi connectivity index (χ0) is 12.5. The quantitative estimate of drug-likeness (QED) is 0.867. The van der Waals surface area contributed by atoms with Crippen LogP contribution < -0.4 is 5.32 Å². The van der Waals surface area contributed by atoms with Crippen molar-refractivity contribution in [2.24, 2.45) is 17.8 Å². The lowest BCUT2D eigenvalue weighted by Crippen LogP contribution is -2.36. The molecule has 0 saturated heterocycles. The Bertz CT molecular complexity index is 398. The van der Waals surface area contributed by atoms with Gasteiger partial charge in [0.15, 0.2) is 0 Å². The summed E-state index contributed by atoms with van der Waals surface area (Å²) >= 11 is 0. The highest BCUT2D eigenvalue weighted by atomic mass is 15.1. The second-order valence-corrected chi connectivity index (χ2v) is 6.14. The highest BCUT2D eigenvalue weighted by Gasteiger charge is 2.41. The maximum Gasteiger partial charge on any atom is 0.122 e. The van der Waals surface area contributed by atoms with E-state index in [-0.39, 0.29) is 0 Å². The lowest BCUT2D eigenvalue weighted by molar-refractivity contribution is 0.257. The molecule has 3 nitrogen and oxygen atoms in total. The Morgan fingerprint density at radius 3 is 3.00 bits per heavy atom. The standard InChI is InChI=1S/C15H25N3/c1-3-18-7-6-16-15(18)10-17-11(2)14-9-12-4-5-13(14)8-12/h6-7,11-14,17H,3-5,8-10H2,1-2H3. The topological polar surface area (TPSA) is 29.9 Å². The van der Waals surface area contributed by atoms with Gasteiger partial charge in [-0.25, -0.2) is 4.98 Å². The van der Waals surface area contributed by atoms with E-state index in [4.69, 9.17) is 0 Å². The molecule has 2 saturated carbocycles. The van der Waals surface area contributed by atoms with Crippen molar-refractivity contribution in [1.29, 1.82) is 0 Å². The van der Waals surface area contributed by atoms with Gasteiger partial charge in [-0.05, 0) is 50.9 Å². The Hall–Kier alpha value is -0.830. The van der Waals surface area contributed by atoms with E-state index in [9.17, 15) is 0 Å². The van der Waals surface area contributed by atoms with Crippen LogP contribution in [-0.4, -0.2) is 15.6 Å². The van der Waals surface area contributed by atoms with Crippen LogP contribution in [0.5, 0.6) is 0 Å². The van der Waals surface area contributed by atoms with Gasteiger partial charge in [0, 0.05) is 25.0 Å². The third-order valence-electron chi connectivity index (χ3n) is 5.16. The summed E-state index contributed by atoms with van der Waals surface area (Å²) in [6.07, 6.45) is 9.91. The Morgan fingerprint density at radius 1 is 1.44 bits per heavy atom. The van der Waals surface area contributed by atoms with Crippen LogP contribution in [0.1, 0.15) is 45.4 Å². The van der Waals surface area contributed by atoms with Crippen molar-refractivity contribution in [2.75, 3.05) is 0 Å². The highest BCUT2D eigenvalue weighted by molar-refractivity contribution is 4.96. The molecular weight excluding hydrogens is 222 g/mol. The van der Waals surface area contributed by atoms with Crippen LogP contribution in [0.4, 0.5) is 0 Å². The van der Waals surface area contributed by atoms with Crippen LogP contribution in [-0.2, 0) is 13.1 Å². The molecule has 0 aromatic carbocycles. The monoisotopic (exact) mass is 247 g/mol. The fraction of sp³-hybridized carbons (Fsp3) is 0.800. The number of fused-ring (bicyclic) bond motifs is 2. The summed E-state index contributed by atoms with van der Waals surface area (Å²) in [6, 6.07) is 0.641. The van der Waals surface area contributed by atoms with Gasteiger partial charge < -0.3 is 9.88 Å². The summed E-state index contributed by atoms with van der Waals surface area (Å²) < 4.78 is 2.22. The zero-order valence-electron chi connectivity index (χ0n) is 11.6. The van der Waals surface area contributed by atoms with Gasteiger partial charge in [-0.15, -0.1) is 0 Å². The highest BCUT2D eigenvalue weighted by Crippen LogP contribution is 2.49. The van der Waals surface area contributed by atoms with Crippen molar-refractivity contribution in [3.05, 3.63) is 18.2 Å². The van der Waals surface area contributed by atoms with Crippen molar-refractivity contribution >= 4 is 0 Å². The van der Waals surface area contributed by atoms with Gasteiger partial charge >= 0.3 is 0 Å². The van der Waals surface area contributed by atoms with Crippen molar-refractivity contribution in [2.45, 2.75) is 58.7 Å². The first-order valence-electron chi connectivity index (χ1n) is 7.51. The van der Waals surface area contributed by atoms with Crippen molar-refractivity contribution in [1.82, 2.24) is 14.9 Å². The molecule has 1 N–H and O–H groups in total. The van der Waals surface area contributed by atoms with Crippen molar-refractivity contribution < 1.29 is 0 Å². The summed E-state index contributed by atoms with van der Waals surface area (Å²) in [5.41, 5.74) is 0. The first kappa shape index (κ1) is 12.2. The molecule has 2 bridgehead atoms. The molecule has 3 heteroatoms. The van der Waals surface area contributed by atoms with E-state index in [1.165, 1.54) is 31.5 Å². The molecule has 2 fully saturated rings. The Morgan fingerprint density at radius 2 is 2.33 bits per heavy atom. The maximum absolute atomic E-state index is 4.43. The number of nitrogens with one attached hydrogen (secondary N) is 1. The molecule has 0 aliphatic heterocycles. The first-order chi connectivity index (χ1) is 8.78. The third-order valence-corrected chi connectivity index (χ3v) is 5.16. The number of hydrogen-bond acceptors (Lipinski definition) is 2. The van der Waals surface area contributed by atoms with Crippen LogP contribution in [0.15, 0.2) is 12.4 Å². The predicted octanol–water partition coefficient (Wildman–Crippen LogP) is 2.82. The van der Waals surface area contributed by atoms with Crippen molar-refractivity contribution in [3.8, 4) is 0 Å². The lowest BCUT2D eigenvalue weighted by Gasteiger charge is -2.28. The molecule has 2 aliphatic carbocycles. The largest absolute Gasteiger partial charge is 0.334 e. The summed E-state index contributed by atoms with van der Waals surface area (Å²) in [7, 11) is 0. The molecule has 0 amide bonds. The van der Waals surface area contributed by atoms with Gasteiger partial charge in [-0.2, -0.15) is 0 Å². The molecule has 1 aromatic rings. The fourth-order valence-electron chi connectivity index (χ4n) is 4.11. The van der Waals surface area contributed by atoms with Gasteiger partial charge in [0.25, 0.3) is 0 Å². The molecule has 100 valence electrons. The molecule has 2 aliphatic rings. The molecule has 1 aromatic heterocycles. The summed E-state index contributed by atoms with van der Waals surface area (Å²) in [5.74, 6) is 4.13. The minimum Gasteiger partial charge on any atom is -0.334 e. The Kier molecular flexibility index (Phi) is 3.42. The zero-order valence-corrected chi connectivity index (χ0v) is 11.6. The van der Waals surface area contributed by atoms with Crippen LogP contribution in [0.3, 0.4) is 0 Å². The lowest BCUT2D eigenvalue weighted by atomic mass is 9.84. The van der Waals surface area contributed by atoms with Gasteiger partial charge in [0.2, 0.25) is 0 Å². The molecule has 3 rings (SSSR count). The Balaban J connectivity index is 1.54. The van der Waals surface area contributed by atoms with E-state index in [2.05, 4.69) is 34.9 Å². The minimum atomic E-state index is 0.641. The van der Waals surface area contributed by atoms with Gasteiger partial charge in [0.1, 0.15) is 5.82 Å². The fourth-order valence-corrected chi connectivity index (χ4v) is 4.11. The number of aromatic nitrogens is 2. The molecule has 18 heavy (non-hydrogen) atoms. The average molecular weight is 247 g/mol. The van der Waals surface area contributed by atoms with Crippen molar-refractivity contribution in [3.63, 3.8) is 0 Å². The van der Waals surface area contributed by atoms with Crippen LogP contribution in [0, 0.1) is 17.8 Å². The molecule has 0 spiro atoms. The number of nitrogens with zero attached hydrogens (tertiary/aromatic N) is 2. The smallest absolute Gasteiger partial charge is 0.122 e. The average Bonchev–Trinajstić information content (AvgIpc) is 3.10. The molecular formula is C15H25N3. The summed E-state index contributed by atoms with van der Waals surface area (Å²) in [5, 5.41) is 3.70. The van der Waals surface area contributed by atoms with Crippen LogP contribution >= 0.6 is 0 Å². The third kappa shape index (κ3) is 2.20. The Labute approximate surface area is 110 Å². The van der Waals surface area contributed by atoms with Crippen LogP contribution in [0.25, 0.3) is 0 Å². The molecule has 1 heterocycles. The van der Waals surface area contributed by atoms with Crippen LogP contribution in [0.2, 0.25) is 0 Å². The van der Waals surface area contributed by atoms with Gasteiger partial charge in [-0.3, -0.25) is 0 Å². The normalized spacial score (nSPS) is 32.0. The second kappa shape index (κ2) is 5.04. The van der Waals surface area contributed by atoms with Gasteiger partial charge in [0.05, 0.1) is 6.54 Å². The maximum atomic E-state index is 4.43. The minimum absolute atomic E-state index is 0.641. The number of aryl methyl sites for hydroxylation is 1. The molecule has 0 radical (unpaired) electrons. The second-order valence-electron chi connectivity index (χ2n) is 6.14. The van der Waals surface area contributed by atoms with E-state index < -0.39 is 0 Å².